The summed E-state index contributed by atoms with van der Waals surface area (Å²) in [5.41, 5.74) is 4.56. The van der Waals surface area contributed by atoms with Gasteiger partial charge in [0.15, 0.2) is 0 Å². The van der Waals surface area contributed by atoms with Crippen LogP contribution >= 0.6 is 23.2 Å². The highest BCUT2D eigenvalue weighted by atomic mass is 35.5. The lowest BCUT2D eigenvalue weighted by Gasteiger charge is -2.19. The molecule has 6 rings (SSSR count). The molecule has 2 atom stereocenters. The number of aliphatic hydroxyl groups is 1. The zero-order valence-corrected chi connectivity index (χ0v) is 28.0. The van der Waals surface area contributed by atoms with Crippen molar-refractivity contribution in [3.05, 3.63) is 70.2 Å². The van der Waals surface area contributed by atoms with E-state index in [-0.39, 0.29) is 11.9 Å². The van der Waals surface area contributed by atoms with Gasteiger partial charge >= 0.3 is 0 Å². The van der Waals surface area contributed by atoms with Crippen molar-refractivity contribution in [1.29, 1.82) is 0 Å². The first-order valence-electron chi connectivity index (χ1n) is 15.5. The molecular formula is C34H37Cl2N7O4. The van der Waals surface area contributed by atoms with Gasteiger partial charge in [0, 0.05) is 67.4 Å². The standard InChI is InChI=1S/C34H37Cl2N7O4/c1-34(45)12-13-43(19-34)18-28-33(47-3)42-26(17-39-28)24-9-5-7-22(31(24)36)21-6-4-8-23(30(21)35)25-16-38-27(32(41-25)46-2)15-37-14-20-10-11-29(44)40-20/h4-9,16-17,20,37,45H,10-15,18-19H2,1-3H3,(H,40,44)/t20-,34-/m0/s1. The quantitative estimate of drug-likeness (QED) is 0.201. The maximum absolute atomic E-state index is 11.5. The fraction of sp³-hybridized carbons (Fsp3) is 0.382. The second kappa shape index (κ2) is 14.1. The fourth-order valence-corrected chi connectivity index (χ4v) is 6.72. The maximum atomic E-state index is 11.5. The number of hydrogen-bond donors (Lipinski definition) is 3. The van der Waals surface area contributed by atoms with E-state index in [4.69, 9.17) is 42.6 Å². The number of β-amino-alcohol motifs (C(OH)–C–C–N with tert-alkyl or cyclic N) is 1. The molecule has 1 amide bonds. The number of likely N-dealkylation sites (tertiary alicyclic amines) is 1. The second-order valence-corrected chi connectivity index (χ2v) is 12.9. The molecule has 2 aliphatic rings. The average molecular weight is 679 g/mol. The molecule has 2 aliphatic heterocycles. The minimum absolute atomic E-state index is 0.0823. The minimum atomic E-state index is -0.705. The highest BCUT2D eigenvalue weighted by Gasteiger charge is 2.32. The first kappa shape index (κ1) is 33.0. The van der Waals surface area contributed by atoms with Gasteiger partial charge in [-0.3, -0.25) is 19.7 Å². The smallest absolute Gasteiger partial charge is 0.237 e. The van der Waals surface area contributed by atoms with Crippen LogP contribution in [0.5, 0.6) is 11.8 Å². The summed E-state index contributed by atoms with van der Waals surface area (Å²) in [5.74, 6) is 0.879. The number of carbonyl (C=O) groups excluding carboxylic acids is 1. The number of carbonyl (C=O) groups is 1. The molecule has 0 unspecified atom stereocenters. The number of nitrogens with one attached hydrogen (secondary N) is 2. The highest BCUT2D eigenvalue weighted by Crippen LogP contribution is 2.42. The van der Waals surface area contributed by atoms with Crippen LogP contribution in [-0.4, -0.2) is 81.3 Å². The van der Waals surface area contributed by atoms with Crippen molar-refractivity contribution in [2.24, 2.45) is 0 Å². The van der Waals surface area contributed by atoms with Gasteiger partial charge in [0.2, 0.25) is 17.7 Å². The lowest BCUT2D eigenvalue weighted by atomic mass is 9.98. The number of ether oxygens (including phenoxy) is 2. The fourth-order valence-electron chi connectivity index (χ4n) is 6.07. The van der Waals surface area contributed by atoms with E-state index in [9.17, 15) is 9.90 Å². The summed E-state index contributed by atoms with van der Waals surface area (Å²) in [4.78, 5) is 32.4. The molecular weight excluding hydrogens is 641 g/mol. The molecule has 0 spiro atoms. The Morgan fingerprint density at radius 3 is 2.06 bits per heavy atom. The van der Waals surface area contributed by atoms with Gasteiger partial charge in [0.05, 0.1) is 53.6 Å². The zero-order chi connectivity index (χ0) is 33.1. The van der Waals surface area contributed by atoms with Crippen molar-refractivity contribution in [1.82, 2.24) is 35.5 Å². The summed E-state index contributed by atoms with van der Waals surface area (Å²) in [6.07, 6.45) is 5.44. The topological polar surface area (TPSA) is 135 Å². The Bertz CT molecular complexity index is 1790. The number of methoxy groups -OCH3 is 2. The largest absolute Gasteiger partial charge is 0.480 e. The van der Waals surface area contributed by atoms with E-state index in [2.05, 4.69) is 25.5 Å². The maximum Gasteiger partial charge on any atom is 0.237 e. The molecule has 0 radical (unpaired) electrons. The molecule has 4 heterocycles. The molecule has 2 fully saturated rings. The number of amides is 1. The molecule has 2 saturated heterocycles. The van der Waals surface area contributed by atoms with Gasteiger partial charge < -0.3 is 25.2 Å². The third-order valence-electron chi connectivity index (χ3n) is 8.52. The number of halogens is 2. The summed E-state index contributed by atoms with van der Waals surface area (Å²) < 4.78 is 11.2. The average Bonchev–Trinajstić information content (AvgIpc) is 3.64. The van der Waals surface area contributed by atoms with Crippen LogP contribution in [-0.2, 0) is 17.9 Å². The number of aromatic nitrogens is 4. The van der Waals surface area contributed by atoms with Gasteiger partial charge in [-0.1, -0.05) is 59.6 Å². The third-order valence-corrected chi connectivity index (χ3v) is 9.34. The van der Waals surface area contributed by atoms with E-state index in [1.54, 1.807) is 26.6 Å². The molecule has 246 valence electrons. The summed E-state index contributed by atoms with van der Waals surface area (Å²) in [5, 5.41) is 17.6. The van der Waals surface area contributed by atoms with Gasteiger partial charge in [0.1, 0.15) is 11.4 Å². The molecule has 13 heteroatoms. The van der Waals surface area contributed by atoms with Crippen LogP contribution in [0.1, 0.15) is 37.6 Å². The van der Waals surface area contributed by atoms with Gasteiger partial charge in [0.25, 0.3) is 0 Å². The molecule has 11 nitrogen and oxygen atoms in total. The first-order valence-corrected chi connectivity index (χ1v) is 16.2. The summed E-state index contributed by atoms with van der Waals surface area (Å²) in [6, 6.07) is 11.5. The van der Waals surface area contributed by atoms with Gasteiger partial charge in [-0.2, -0.15) is 0 Å². The van der Waals surface area contributed by atoms with Crippen molar-refractivity contribution in [3.63, 3.8) is 0 Å². The highest BCUT2D eigenvalue weighted by molar-refractivity contribution is 6.39. The first-order chi connectivity index (χ1) is 22.7. The Morgan fingerprint density at radius 1 is 0.957 bits per heavy atom. The van der Waals surface area contributed by atoms with E-state index in [0.29, 0.717) is 94.7 Å². The Labute approximate surface area is 283 Å². The van der Waals surface area contributed by atoms with Gasteiger partial charge in [-0.15, -0.1) is 0 Å². The van der Waals surface area contributed by atoms with Crippen LogP contribution < -0.4 is 20.1 Å². The van der Waals surface area contributed by atoms with Crippen LogP contribution in [0.25, 0.3) is 33.6 Å². The summed E-state index contributed by atoms with van der Waals surface area (Å²) in [7, 11) is 3.12. The van der Waals surface area contributed by atoms with Crippen molar-refractivity contribution >= 4 is 29.1 Å². The molecule has 4 aromatic rings. The summed E-state index contributed by atoms with van der Waals surface area (Å²) >= 11 is 14.1. The predicted molar refractivity (Wildman–Crippen MR) is 180 cm³/mol. The zero-order valence-electron chi connectivity index (χ0n) is 26.5. The number of nitrogens with zero attached hydrogens (tertiary/aromatic N) is 5. The molecule has 3 N–H and O–H groups in total. The molecule has 2 aromatic carbocycles. The van der Waals surface area contributed by atoms with Crippen molar-refractivity contribution in [2.45, 2.75) is 50.9 Å². The minimum Gasteiger partial charge on any atom is -0.480 e. The van der Waals surface area contributed by atoms with E-state index in [1.807, 2.05) is 43.3 Å². The molecule has 2 aromatic heterocycles. The van der Waals surface area contributed by atoms with Crippen LogP contribution in [0.15, 0.2) is 48.8 Å². The Hall–Kier alpha value is -3.87. The van der Waals surface area contributed by atoms with Gasteiger partial charge in [-0.05, 0) is 19.8 Å². The number of rotatable bonds is 11. The predicted octanol–water partition coefficient (Wildman–Crippen LogP) is 4.92. The van der Waals surface area contributed by atoms with Crippen molar-refractivity contribution < 1.29 is 19.4 Å². The lowest BCUT2D eigenvalue weighted by Crippen LogP contribution is -2.35. The van der Waals surface area contributed by atoms with E-state index in [1.165, 1.54) is 0 Å². The van der Waals surface area contributed by atoms with E-state index >= 15 is 0 Å². The third kappa shape index (κ3) is 7.34. The van der Waals surface area contributed by atoms with E-state index in [0.717, 1.165) is 24.1 Å². The monoisotopic (exact) mass is 677 g/mol. The SMILES string of the molecule is COc1nc(-c2cccc(-c3cccc(-c4cnc(CN5CC[C@](C)(O)C5)c(OC)n4)c3Cl)c2Cl)cnc1CNC[C@@H]1CCC(=O)N1. The lowest BCUT2D eigenvalue weighted by molar-refractivity contribution is -0.119. The van der Waals surface area contributed by atoms with Gasteiger partial charge in [-0.25, -0.2) is 9.97 Å². The second-order valence-electron chi connectivity index (χ2n) is 12.1. The van der Waals surface area contributed by atoms with E-state index < -0.39 is 5.60 Å². The van der Waals surface area contributed by atoms with Crippen LogP contribution in [0.3, 0.4) is 0 Å². The molecule has 47 heavy (non-hydrogen) atoms. The molecule has 0 aliphatic carbocycles. The summed E-state index contributed by atoms with van der Waals surface area (Å²) in [6.45, 7) is 4.78. The normalized spacial score (nSPS) is 19.6. The molecule has 0 saturated carbocycles. The Kier molecular flexibility index (Phi) is 9.90. The Balaban J connectivity index is 1.24. The van der Waals surface area contributed by atoms with Crippen LogP contribution in [0, 0.1) is 0 Å². The van der Waals surface area contributed by atoms with Crippen LogP contribution in [0.2, 0.25) is 10.0 Å². The molecule has 0 bridgehead atoms. The number of hydrogen-bond acceptors (Lipinski definition) is 10. The number of benzene rings is 2. The van der Waals surface area contributed by atoms with Crippen molar-refractivity contribution in [3.8, 4) is 45.4 Å². The van der Waals surface area contributed by atoms with Crippen LogP contribution in [0.4, 0.5) is 0 Å². The Morgan fingerprint density at radius 2 is 1.53 bits per heavy atom. The van der Waals surface area contributed by atoms with Crippen molar-refractivity contribution in [2.75, 3.05) is 33.9 Å².